The van der Waals surface area contributed by atoms with Gasteiger partial charge in [-0.3, -0.25) is 0 Å². The molecule has 1 nitrogen and oxygen atoms in total. The van der Waals surface area contributed by atoms with Crippen LogP contribution in [0.4, 0.5) is 22.0 Å². The molecule has 15 heavy (non-hydrogen) atoms. The first-order valence-electron chi connectivity index (χ1n) is 4.05. The first-order valence-corrected chi connectivity index (χ1v) is 4.05. The minimum atomic E-state index is -4.66. The first kappa shape index (κ1) is 11.9. The molecule has 1 rings (SSSR count). The highest BCUT2D eigenvalue weighted by atomic mass is 19.4. The van der Waals surface area contributed by atoms with E-state index in [9.17, 15) is 22.0 Å². The zero-order valence-corrected chi connectivity index (χ0v) is 7.70. The van der Waals surface area contributed by atoms with Crippen LogP contribution >= 0.6 is 0 Å². The second-order valence-electron chi connectivity index (χ2n) is 2.91. The summed E-state index contributed by atoms with van der Waals surface area (Å²) in [5.74, 6) is -2.77. The Morgan fingerprint density at radius 1 is 1.20 bits per heavy atom. The molecule has 0 fully saturated rings. The first-order chi connectivity index (χ1) is 6.88. The Kier molecular flexibility index (Phi) is 3.28. The fourth-order valence-corrected chi connectivity index (χ4v) is 1.24. The largest absolute Gasteiger partial charge is 0.408 e. The Bertz CT molecular complexity index is 347. The smallest absolute Gasteiger partial charge is 0.305 e. The van der Waals surface area contributed by atoms with Crippen LogP contribution in [0.5, 0.6) is 0 Å². The molecule has 1 atom stereocenters. The van der Waals surface area contributed by atoms with Gasteiger partial charge in [0.2, 0.25) is 0 Å². The molecule has 0 amide bonds. The molecule has 0 aliphatic carbocycles. The summed E-state index contributed by atoms with van der Waals surface area (Å²) in [6, 6.07) is 0.493. The lowest BCUT2D eigenvalue weighted by Gasteiger charge is -2.20. The van der Waals surface area contributed by atoms with Crippen LogP contribution in [0.3, 0.4) is 0 Å². The Labute approximate surface area is 82.9 Å². The van der Waals surface area contributed by atoms with Gasteiger partial charge in [-0.25, -0.2) is 8.78 Å². The van der Waals surface area contributed by atoms with Crippen molar-refractivity contribution in [3.63, 3.8) is 0 Å². The molecule has 1 aromatic rings. The highest BCUT2D eigenvalue weighted by Gasteiger charge is 2.41. The van der Waals surface area contributed by atoms with Crippen LogP contribution in [-0.2, 0) is 0 Å². The van der Waals surface area contributed by atoms with Crippen LogP contribution in [0.1, 0.15) is 11.6 Å². The lowest BCUT2D eigenvalue weighted by Crippen LogP contribution is -2.32. The van der Waals surface area contributed by atoms with Crippen LogP contribution in [-0.4, -0.2) is 13.2 Å². The van der Waals surface area contributed by atoms with Gasteiger partial charge in [-0.15, -0.1) is 0 Å². The number of hydrogen-bond donors (Lipinski definition) is 1. The summed E-state index contributed by atoms with van der Waals surface area (Å²) in [6.45, 7) is 0. The summed E-state index contributed by atoms with van der Waals surface area (Å²) in [4.78, 5) is 0. The van der Waals surface area contributed by atoms with Crippen molar-refractivity contribution >= 4 is 0 Å². The second-order valence-corrected chi connectivity index (χ2v) is 2.91. The third-order valence-corrected chi connectivity index (χ3v) is 1.91. The normalized spacial score (nSPS) is 14.0. The summed E-state index contributed by atoms with van der Waals surface area (Å²) in [7, 11) is 1.03. The number of nitrogens with one attached hydrogen (secondary N) is 1. The summed E-state index contributed by atoms with van der Waals surface area (Å²) in [5.41, 5.74) is -0.745. The molecule has 6 heteroatoms. The van der Waals surface area contributed by atoms with E-state index in [0.717, 1.165) is 25.2 Å². The third-order valence-electron chi connectivity index (χ3n) is 1.91. The lowest BCUT2D eigenvalue weighted by atomic mass is 10.1. The van der Waals surface area contributed by atoms with E-state index in [-0.39, 0.29) is 0 Å². The highest BCUT2D eigenvalue weighted by Crippen LogP contribution is 2.33. The molecule has 0 bridgehead atoms. The maximum absolute atomic E-state index is 13.1. The molecule has 0 saturated heterocycles. The molecule has 0 spiro atoms. The van der Waals surface area contributed by atoms with Crippen molar-refractivity contribution in [2.24, 2.45) is 0 Å². The molecule has 1 N–H and O–H groups in total. The topological polar surface area (TPSA) is 12.0 Å². The van der Waals surface area contributed by atoms with Crippen molar-refractivity contribution in [3.8, 4) is 0 Å². The molecular formula is C9H8F5N. The van der Waals surface area contributed by atoms with Crippen LogP contribution < -0.4 is 5.32 Å². The van der Waals surface area contributed by atoms with Crippen LogP contribution in [0.25, 0.3) is 0 Å². The Morgan fingerprint density at radius 3 is 2.27 bits per heavy atom. The molecule has 0 heterocycles. The van der Waals surface area contributed by atoms with E-state index >= 15 is 0 Å². The maximum Gasteiger partial charge on any atom is 0.408 e. The maximum atomic E-state index is 13.1. The predicted molar refractivity (Wildman–Crippen MR) is 44.2 cm³/mol. The Balaban J connectivity index is 3.19. The molecule has 1 aromatic carbocycles. The molecule has 1 unspecified atom stereocenters. The zero-order valence-electron chi connectivity index (χ0n) is 7.70. The van der Waals surface area contributed by atoms with E-state index in [0.29, 0.717) is 0 Å². The van der Waals surface area contributed by atoms with Gasteiger partial charge < -0.3 is 5.32 Å². The lowest BCUT2D eigenvalue weighted by molar-refractivity contribution is -0.157. The van der Waals surface area contributed by atoms with Gasteiger partial charge in [-0.1, -0.05) is 12.1 Å². The molecular weight excluding hydrogens is 217 g/mol. The van der Waals surface area contributed by atoms with Gasteiger partial charge in [0.05, 0.1) is 0 Å². The summed E-state index contributed by atoms with van der Waals surface area (Å²) >= 11 is 0. The van der Waals surface area contributed by atoms with E-state index in [1.807, 2.05) is 5.32 Å². The van der Waals surface area contributed by atoms with Crippen LogP contribution in [0.15, 0.2) is 18.2 Å². The summed E-state index contributed by atoms with van der Waals surface area (Å²) in [6.07, 6.45) is -4.66. The van der Waals surface area contributed by atoms with Crippen LogP contribution in [0, 0.1) is 11.6 Å². The SMILES string of the molecule is CNC(c1cccc(F)c1F)C(F)(F)F. The van der Waals surface area contributed by atoms with E-state index in [1.165, 1.54) is 0 Å². The minimum absolute atomic E-state index is 0.745. The molecule has 0 aliphatic heterocycles. The number of alkyl halides is 3. The van der Waals surface area contributed by atoms with Crippen molar-refractivity contribution in [1.82, 2.24) is 5.32 Å². The second kappa shape index (κ2) is 4.14. The quantitative estimate of drug-likeness (QED) is 0.763. The average Bonchev–Trinajstić information content (AvgIpc) is 2.11. The molecule has 0 aromatic heterocycles. The van der Waals surface area contributed by atoms with Crippen molar-refractivity contribution < 1.29 is 22.0 Å². The number of halogens is 5. The predicted octanol–water partition coefficient (Wildman–Crippen LogP) is 2.79. The zero-order chi connectivity index (χ0) is 11.6. The fourth-order valence-electron chi connectivity index (χ4n) is 1.24. The number of hydrogen-bond acceptors (Lipinski definition) is 1. The standard InChI is InChI=1S/C9H8F5N/c1-15-8(9(12,13)14)5-3-2-4-6(10)7(5)11/h2-4,8,15H,1H3. The van der Waals surface area contributed by atoms with Crippen molar-refractivity contribution in [2.45, 2.75) is 12.2 Å². The summed E-state index contributed by atoms with van der Waals surface area (Å²) < 4.78 is 62.8. The third kappa shape index (κ3) is 2.44. The van der Waals surface area contributed by atoms with Gasteiger partial charge in [0, 0.05) is 5.56 Å². The average molecular weight is 225 g/mol. The summed E-state index contributed by atoms with van der Waals surface area (Å²) in [5, 5.41) is 1.89. The Morgan fingerprint density at radius 2 is 1.80 bits per heavy atom. The molecule has 0 saturated carbocycles. The number of benzene rings is 1. The van der Waals surface area contributed by atoms with Gasteiger partial charge in [0.1, 0.15) is 6.04 Å². The van der Waals surface area contributed by atoms with Crippen LogP contribution in [0.2, 0.25) is 0 Å². The minimum Gasteiger partial charge on any atom is -0.305 e. The van der Waals surface area contributed by atoms with Crippen molar-refractivity contribution in [3.05, 3.63) is 35.4 Å². The molecule has 0 aliphatic rings. The van der Waals surface area contributed by atoms with Crippen molar-refractivity contribution in [1.29, 1.82) is 0 Å². The molecule has 84 valence electrons. The van der Waals surface area contributed by atoms with Gasteiger partial charge >= 0.3 is 6.18 Å². The van der Waals surface area contributed by atoms with Gasteiger partial charge in [-0.2, -0.15) is 13.2 Å². The monoisotopic (exact) mass is 225 g/mol. The van der Waals surface area contributed by atoms with Gasteiger partial charge in [0.15, 0.2) is 11.6 Å². The molecule has 0 radical (unpaired) electrons. The highest BCUT2D eigenvalue weighted by molar-refractivity contribution is 5.23. The number of rotatable bonds is 2. The van der Waals surface area contributed by atoms with E-state index < -0.39 is 29.4 Å². The van der Waals surface area contributed by atoms with E-state index in [1.54, 1.807) is 0 Å². The van der Waals surface area contributed by atoms with Gasteiger partial charge in [-0.05, 0) is 13.1 Å². The van der Waals surface area contributed by atoms with Crippen molar-refractivity contribution in [2.75, 3.05) is 7.05 Å². The van der Waals surface area contributed by atoms with E-state index in [2.05, 4.69) is 0 Å². The Hall–Kier alpha value is -1.17. The van der Waals surface area contributed by atoms with Gasteiger partial charge in [0.25, 0.3) is 0 Å². The fraction of sp³-hybridized carbons (Fsp3) is 0.333. The van der Waals surface area contributed by atoms with E-state index in [4.69, 9.17) is 0 Å².